The van der Waals surface area contributed by atoms with Crippen LogP contribution in [0.3, 0.4) is 0 Å². The molecule has 4 heteroatoms. The van der Waals surface area contributed by atoms with Crippen molar-refractivity contribution in [2.75, 3.05) is 0 Å². The van der Waals surface area contributed by atoms with E-state index in [0.717, 1.165) is 25.7 Å². The minimum absolute atomic E-state index is 0.651. The molecule has 0 bridgehead atoms. The highest BCUT2D eigenvalue weighted by Crippen LogP contribution is 2.09. The van der Waals surface area contributed by atoms with Crippen LogP contribution in [0.2, 0.25) is 0 Å². The van der Waals surface area contributed by atoms with Crippen LogP contribution in [0.5, 0.6) is 0 Å². The normalized spacial score (nSPS) is 15.4. The summed E-state index contributed by atoms with van der Waals surface area (Å²) in [6.45, 7) is 0. The van der Waals surface area contributed by atoms with Crippen molar-refractivity contribution in [2.24, 2.45) is 11.5 Å². The number of rotatable bonds is 9. The molecule has 0 saturated heterocycles. The molecule has 2 atom stereocenters. The van der Waals surface area contributed by atoms with Crippen LogP contribution in [0.4, 0.5) is 0 Å². The Morgan fingerprint density at radius 2 is 0.929 bits per heavy atom. The molecule has 4 nitrogen and oxygen atoms in total. The third kappa shape index (κ3) is 11.8. The number of unbranched alkanes of at least 4 members (excludes halogenated alkanes) is 5. The summed E-state index contributed by atoms with van der Waals surface area (Å²) in [5.74, 6) is 0. The summed E-state index contributed by atoms with van der Waals surface area (Å²) < 4.78 is 0. The average molecular weight is 204 g/mol. The van der Waals surface area contributed by atoms with Gasteiger partial charge >= 0.3 is 0 Å². The monoisotopic (exact) mass is 204 g/mol. The highest BCUT2D eigenvalue weighted by Gasteiger charge is 1.97. The van der Waals surface area contributed by atoms with Crippen molar-refractivity contribution in [3.63, 3.8) is 0 Å². The Balaban J connectivity index is 2.92. The molecule has 0 aliphatic carbocycles. The fourth-order valence-corrected chi connectivity index (χ4v) is 1.41. The molecule has 0 heterocycles. The van der Waals surface area contributed by atoms with Gasteiger partial charge in [0.1, 0.15) is 12.5 Å². The number of hydrogen-bond donors (Lipinski definition) is 4. The topological polar surface area (TPSA) is 92.5 Å². The van der Waals surface area contributed by atoms with E-state index in [9.17, 15) is 0 Å². The Labute approximate surface area is 86.3 Å². The molecule has 14 heavy (non-hydrogen) atoms. The van der Waals surface area contributed by atoms with Crippen molar-refractivity contribution in [1.82, 2.24) is 0 Å². The molecule has 0 aromatic carbocycles. The van der Waals surface area contributed by atoms with Gasteiger partial charge in [-0.1, -0.05) is 25.7 Å². The molecule has 6 N–H and O–H groups in total. The summed E-state index contributed by atoms with van der Waals surface area (Å²) in [6, 6.07) is 0. The van der Waals surface area contributed by atoms with E-state index in [4.69, 9.17) is 21.7 Å². The van der Waals surface area contributed by atoms with Gasteiger partial charge in [-0.3, -0.25) is 0 Å². The van der Waals surface area contributed by atoms with Gasteiger partial charge in [0.25, 0.3) is 0 Å². The van der Waals surface area contributed by atoms with Gasteiger partial charge in [0.2, 0.25) is 0 Å². The van der Waals surface area contributed by atoms with E-state index in [1.165, 1.54) is 12.8 Å². The van der Waals surface area contributed by atoms with Crippen molar-refractivity contribution >= 4 is 0 Å². The fourth-order valence-electron chi connectivity index (χ4n) is 1.41. The molecule has 0 aliphatic rings. The molecule has 0 aromatic heterocycles. The zero-order valence-corrected chi connectivity index (χ0v) is 8.86. The Kier molecular flexibility index (Phi) is 9.29. The molecular weight excluding hydrogens is 180 g/mol. The van der Waals surface area contributed by atoms with Gasteiger partial charge in [0, 0.05) is 0 Å². The van der Waals surface area contributed by atoms with E-state index in [1.807, 2.05) is 0 Å². The van der Waals surface area contributed by atoms with Gasteiger partial charge in [-0.15, -0.1) is 0 Å². The minimum Gasteiger partial charge on any atom is -0.379 e. The molecule has 0 fully saturated rings. The Morgan fingerprint density at radius 3 is 1.21 bits per heavy atom. The zero-order chi connectivity index (χ0) is 10.8. The largest absolute Gasteiger partial charge is 0.379 e. The molecule has 2 unspecified atom stereocenters. The van der Waals surface area contributed by atoms with Crippen molar-refractivity contribution in [3.05, 3.63) is 0 Å². The average Bonchev–Trinajstić information content (AvgIpc) is 2.08. The lowest BCUT2D eigenvalue weighted by atomic mass is 10.1. The van der Waals surface area contributed by atoms with E-state index in [-0.39, 0.29) is 0 Å². The summed E-state index contributed by atoms with van der Waals surface area (Å²) >= 11 is 0. The van der Waals surface area contributed by atoms with E-state index in [1.54, 1.807) is 0 Å². The van der Waals surface area contributed by atoms with E-state index in [0.29, 0.717) is 12.8 Å². The maximum Gasteiger partial charge on any atom is 0.102 e. The summed E-state index contributed by atoms with van der Waals surface area (Å²) in [7, 11) is 0. The molecule has 0 rings (SSSR count). The second kappa shape index (κ2) is 9.40. The third-order valence-electron chi connectivity index (χ3n) is 2.25. The quantitative estimate of drug-likeness (QED) is 0.328. The van der Waals surface area contributed by atoms with Crippen molar-refractivity contribution in [3.8, 4) is 0 Å². The van der Waals surface area contributed by atoms with Gasteiger partial charge in [-0.25, -0.2) is 0 Å². The zero-order valence-electron chi connectivity index (χ0n) is 8.86. The van der Waals surface area contributed by atoms with Crippen LogP contribution in [-0.4, -0.2) is 22.7 Å². The Morgan fingerprint density at radius 1 is 0.643 bits per heavy atom. The summed E-state index contributed by atoms with van der Waals surface area (Å²) in [4.78, 5) is 0. The Hall–Kier alpha value is -0.160. The summed E-state index contributed by atoms with van der Waals surface area (Å²) in [5, 5.41) is 17.6. The van der Waals surface area contributed by atoms with Crippen LogP contribution >= 0.6 is 0 Å². The Bertz CT molecular complexity index is 105. The van der Waals surface area contributed by atoms with Crippen molar-refractivity contribution in [1.29, 1.82) is 0 Å². The van der Waals surface area contributed by atoms with Crippen LogP contribution in [-0.2, 0) is 0 Å². The number of aliphatic hydroxyl groups is 2. The minimum atomic E-state index is -0.651. The maximum absolute atomic E-state index is 8.79. The van der Waals surface area contributed by atoms with Crippen LogP contribution in [0.15, 0.2) is 0 Å². The lowest BCUT2D eigenvalue weighted by molar-refractivity contribution is 0.166. The van der Waals surface area contributed by atoms with E-state index < -0.39 is 12.5 Å². The first-order valence-corrected chi connectivity index (χ1v) is 5.50. The number of aliphatic hydroxyl groups excluding tert-OH is 2. The molecule has 0 amide bonds. The van der Waals surface area contributed by atoms with Crippen LogP contribution in [0.1, 0.15) is 51.4 Å². The molecule has 0 spiro atoms. The standard InChI is InChI=1S/C10H24N2O2/c11-9(13)7-5-3-1-2-4-6-8-10(12)14/h9-10,13-14H,1-8,11-12H2. The van der Waals surface area contributed by atoms with Gasteiger partial charge in [0.15, 0.2) is 0 Å². The predicted molar refractivity (Wildman–Crippen MR) is 57.3 cm³/mol. The first kappa shape index (κ1) is 13.8. The summed E-state index contributed by atoms with van der Waals surface area (Å²) in [6.07, 6.45) is 6.68. The van der Waals surface area contributed by atoms with Crippen LogP contribution in [0, 0.1) is 0 Å². The molecule has 0 aliphatic heterocycles. The maximum atomic E-state index is 8.79. The highest BCUT2D eigenvalue weighted by atomic mass is 16.3. The fraction of sp³-hybridized carbons (Fsp3) is 1.00. The van der Waals surface area contributed by atoms with Gasteiger partial charge in [-0.05, 0) is 25.7 Å². The van der Waals surface area contributed by atoms with Crippen LogP contribution < -0.4 is 11.5 Å². The summed E-state index contributed by atoms with van der Waals surface area (Å²) in [5.41, 5.74) is 10.4. The van der Waals surface area contributed by atoms with Gasteiger partial charge < -0.3 is 21.7 Å². The number of hydrogen-bond acceptors (Lipinski definition) is 4. The van der Waals surface area contributed by atoms with Gasteiger partial charge in [-0.2, -0.15) is 0 Å². The van der Waals surface area contributed by atoms with Crippen molar-refractivity contribution in [2.45, 2.75) is 63.8 Å². The SMILES string of the molecule is NC(O)CCCCCCCCC(N)O. The highest BCUT2D eigenvalue weighted by molar-refractivity contribution is 4.50. The third-order valence-corrected chi connectivity index (χ3v) is 2.25. The van der Waals surface area contributed by atoms with E-state index in [2.05, 4.69) is 0 Å². The number of nitrogens with two attached hydrogens (primary N) is 2. The molecule has 86 valence electrons. The molecule has 0 saturated carbocycles. The first-order valence-electron chi connectivity index (χ1n) is 5.50. The van der Waals surface area contributed by atoms with Crippen LogP contribution in [0.25, 0.3) is 0 Å². The predicted octanol–water partition coefficient (Wildman–Crippen LogP) is 0.661. The molecular formula is C10H24N2O2. The lowest BCUT2D eigenvalue weighted by Crippen LogP contribution is -2.18. The van der Waals surface area contributed by atoms with Gasteiger partial charge in [0.05, 0.1) is 0 Å². The molecule has 0 radical (unpaired) electrons. The second-order valence-electron chi connectivity index (χ2n) is 3.83. The second-order valence-corrected chi connectivity index (χ2v) is 3.83. The smallest absolute Gasteiger partial charge is 0.102 e. The first-order chi connectivity index (χ1) is 6.63. The molecule has 0 aromatic rings. The van der Waals surface area contributed by atoms with Crippen molar-refractivity contribution < 1.29 is 10.2 Å². The lowest BCUT2D eigenvalue weighted by Gasteiger charge is -2.05. The van der Waals surface area contributed by atoms with E-state index >= 15 is 0 Å².